The molecule has 0 aromatic heterocycles. The monoisotopic (exact) mass is 366 g/mol. The van der Waals surface area contributed by atoms with E-state index in [9.17, 15) is 0 Å². The summed E-state index contributed by atoms with van der Waals surface area (Å²) in [5, 5.41) is 9.26. The van der Waals surface area contributed by atoms with Gasteiger partial charge in [0.05, 0.1) is 0 Å². The van der Waals surface area contributed by atoms with E-state index < -0.39 is 0 Å². The minimum atomic E-state index is -0.0457. The molecule has 3 rings (SSSR count). The van der Waals surface area contributed by atoms with Crippen molar-refractivity contribution in [3.63, 3.8) is 0 Å². The molecule has 25 heavy (non-hydrogen) atoms. The van der Waals surface area contributed by atoms with E-state index >= 15 is 0 Å². The summed E-state index contributed by atoms with van der Waals surface area (Å²) in [5.41, 5.74) is 2.78. The first-order chi connectivity index (χ1) is 12.2. The van der Waals surface area contributed by atoms with Crippen molar-refractivity contribution in [1.29, 1.82) is 0 Å². The predicted octanol–water partition coefficient (Wildman–Crippen LogP) is 5.50. The van der Waals surface area contributed by atoms with E-state index in [1.165, 1.54) is 0 Å². The van der Waals surface area contributed by atoms with Crippen molar-refractivity contribution in [2.45, 2.75) is 6.61 Å². The van der Waals surface area contributed by atoms with Crippen LogP contribution in [0.25, 0.3) is 0 Å². The Morgan fingerprint density at radius 1 is 0.680 bits per heavy atom. The second-order valence-electron chi connectivity index (χ2n) is 5.10. The van der Waals surface area contributed by atoms with Crippen molar-refractivity contribution in [2.24, 2.45) is 0 Å². The number of aliphatic hydroxyl groups excluding tert-OH is 1. The minimum Gasteiger partial charge on any atom is -0.499 e. The highest BCUT2D eigenvalue weighted by atomic mass is 32.1. The summed E-state index contributed by atoms with van der Waals surface area (Å²) in [6, 6.07) is 28.8. The normalized spacial score (nSPS) is 9.44. The van der Waals surface area contributed by atoms with E-state index in [1.807, 2.05) is 78.9 Å². The molecule has 3 aromatic rings. The van der Waals surface area contributed by atoms with Crippen LogP contribution in [0.15, 0.2) is 91.0 Å². The second-order valence-corrected chi connectivity index (χ2v) is 5.86. The van der Waals surface area contributed by atoms with Crippen molar-refractivity contribution >= 4 is 34.5 Å². The molecule has 0 unspecified atom stereocenters. The van der Waals surface area contributed by atoms with Crippen molar-refractivity contribution in [3.05, 3.63) is 108 Å². The summed E-state index contributed by atoms with van der Waals surface area (Å²) in [7, 11) is 0. The fourth-order valence-electron chi connectivity index (χ4n) is 1.96. The molecule has 3 aromatic carbocycles. The van der Waals surface area contributed by atoms with Gasteiger partial charge in [0.1, 0.15) is 6.61 Å². The Labute approximate surface area is 158 Å². The Morgan fingerprint density at radius 2 is 1.12 bits per heavy atom. The lowest BCUT2D eigenvalue weighted by molar-refractivity contribution is 0.302. The van der Waals surface area contributed by atoms with Gasteiger partial charge in [-0.05, 0) is 30.0 Å². The number of ether oxygens (including phenoxy) is 1. The van der Waals surface area contributed by atoms with Crippen LogP contribution >= 0.6 is 24.4 Å². The fourth-order valence-corrected chi connectivity index (χ4v) is 2.29. The van der Waals surface area contributed by atoms with Gasteiger partial charge in [-0.3, -0.25) is 0 Å². The van der Waals surface area contributed by atoms with Crippen LogP contribution in [0, 0.1) is 0 Å². The summed E-state index contributed by atoms with van der Waals surface area (Å²) in [6.45, 7) is 0.522. The zero-order valence-corrected chi connectivity index (χ0v) is 15.2. The van der Waals surface area contributed by atoms with Crippen LogP contribution in [0.4, 0.5) is 0 Å². The van der Waals surface area contributed by atoms with Crippen molar-refractivity contribution < 1.29 is 9.84 Å². The third kappa shape index (κ3) is 6.83. The van der Waals surface area contributed by atoms with Gasteiger partial charge in [-0.1, -0.05) is 91.0 Å². The molecule has 0 fully saturated rings. The molecule has 0 saturated heterocycles. The molecule has 0 heterocycles. The highest BCUT2D eigenvalue weighted by Crippen LogP contribution is 2.06. The summed E-state index contributed by atoms with van der Waals surface area (Å²) in [4.78, 5) is 0. The van der Waals surface area contributed by atoms with Crippen LogP contribution in [-0.4, -0.2) is 15.2 Å². The van der Waals surface area contributed by atoms with Crippen LogP contribution in [0.2, 0.25) is 0 Å². The summed E-state index contributed by atoms with van der Waals surface area (Å²) in [6.07, 6.45) is 0. The van der Waals surface area contributed by atoms with E-state index in [1.54, 1.807) is 12.1 Å². The molecule has 0 aliphatic heterocycles. The topological polar surface area (TPSA) is 29.5 Å². The lowest BCUT2D eigenvalue weighted by Crippen LogP contribution is -2.03. The molecule has 1 N–H and O–H groups in total. The summed E-state index contributed by atoms with van der Waals surface area (Å²) < 4.78 is 5.55. The molecule has 126 valence electrons. The minimum absolute atomic E-state index is 0.0457. The van der Waals surface area contributed by atoms with Gasteiger partial charge in [-0.25, -0.2) is 0 Å². The molecule has 0 atom stereocenters. The number of aliphatic hydroxyl groups is 1. The molecule has 4 heteroatoms. The zero-order valence-electron chi connectivity index (χ0n) is 13.5. The highest BCUT2D eigenvalue weighted by Gasteiger charge is 2.01. The smallest absolute Gasteiger partial charge is 0.191 e. The molecular formula is C21H18O2S2. The average molecular weight is 367 g/mol. The van der Waals surface area contributed by atoms with Crippen LogP contribution in [0.1, 0.15) is 16.7 Å². The third-order valence-corrected chi connectivity index (χ3v) is 3.83. The Balaban J connectivity index is 0.000000212. The van der Waals surface area contributed by atoms with Crippen molar-refractivity contribution in [2.75, 3.05) is 0 Å². The molecule has 0 spiro atoms. The first kappa shape index (κ1) is 18.8. The van der Waals surface area contributed by atoms with Gasteiger partial charge in [0.25, 0.3) is 0 Å². The Bertz CT molecular complexity index is 788. The standard InChI is InChI=1S/C14H12OS.C7H6OS/c16-14(13-9-5-2-6-10-13)15-11-12-7-3-1-4-8-12;8-7(9)6-4-2-1-3-5-6/h1-10H,11H2;1-5H,(H,8,9). The van der Waals surface area contributed by atoms with E-state index in [4.69, 9.17) is 22.1 Å². The maximum absolute atomic E-state index is 8.76. The Morgan fingerprint density at radius 3 is 1.56 bits per heavy atom. The molecule has 0 saturated carbocycles. The number of benzene rings is 3. The maximum Gasteiger partial charge on any atom is 0.191 e. The quantitative estimate of drug-likeness (QED) is 0.618. The first-order valence-electron chi connectivity index (χ1n) is 7.71. The molecule has 0 aliphatic rings. The van der Waals surface area contributed by atoms with Gasteiger partial charge in [0.15, 0.2) is 10.1 Å². The van der Waals surface area contributed by atoms with Gasteiger partial charge < -0.3 is 9.84 Å². The molecule has 0 radical (unpaired) electrons. The highest BCUT2D eigenvalue weighted by molar-refractivity contribution is 7.80. The molecule has 0 aliphatic carbocycles. The number of hydrogen-bond acceptors (Lipinski definition) is 3. The van der Waals surface area contributed by atoms with Gasteiger partial charge in [-0.2, -0.15) is 0 Å². The van der Waals surface area contributed by atoms with E-state index in [-0.39, 0.29) is 5.05 Å². The van der Waals surface area contributed by atoms with Gasteiger partial charge in [-0.15, -0.1) is 0 Å². The van der Waals surface area contributed by atoms with Crippen LogP contribution in [0.3, 0.4) is 0 Å². The summed E-state index contributed by atoms with van der Waals surface area (Å²) >= 11 is 9.72. The van der Waals surface area contributed by atoms with Crippen LogP contribution < -0.4 is 0 Å². The lowest BCUT2D eigenvalue weighted by atomic mass is 10.2. The van der Waals surface area contributed by atoms with Crippen molar-refractivity contribution in [1.82, 2.24) is 0 Å². The van der Waals surface area contributed by atoms with E-state index in [0.29, 0.717) is 17.2 Å². The van der Waals surface area contributed by atoms with Gasteiger partial charge in [0.2, 0.25) is 0 Å². The Kier molecular flexibility index (Phi) is 7.76. The maximum atomic E-state index is 8.76. The molecule has 2 nitrogen and oxygen atoms in total. The van der Waals surface area contributed by atoms with Crippen LogP contribution in [-0.2, 0) is 11.3 Å². The van der Waals surface area contributed by atoms with Crippen molar-refractivity contribution in [3.8, 4) is 0 Å². The third-order valence-electron chi connectivity index (χ3n) is 3.24. The predicted molar refractivity (Wildman–Crippen MR) is 110 cm³/mol. The summed E-state index contributed by atoms with van der Waals surface area (Å²) in [5.74, 6) is 0. The number of hydrogen-bond donors (Lipinski definition) is 1. The largest absolute Gasteiger partial charge is 0.499 e. The van der Waals surface area contributed by atoms with Gasteiger partial charge >= 0.3 is 0 Å². The zero-order chi connectivity index (χ0) is 17.9. The second kappa shape index (κ2) is 10.3. The first-order valence-corrected chi connectivity index (χ1v) is 8.53. The van der Waals surface area contributed by atoms with Gasteiger partial charge in [0, 0.05) is 11.1 Å². The van der Waals surface area contributed by atoms with E-state index in [2.05, 4.69) is 12.2 Å². The number of thiocarbonyl (C=S) groups is 2. The molecule has 0 bridgehead atoms. The van der Waals surface area contributed by atoms with E-state index in [0.717, 1.165) is 11.1 Å². The molecular weight excluding hydrogens is 348 g/mol. The fraction of sp³-hybridized carbons (Fsp3) is 0.0476. The van der Waals surface area contributed by atoms with Crippen LogP contribution in [0.5, 0.6) is 0 Å². The SMILES string of the molecule is OC(=S)c1ccccc1.S=C(OCc1ccccc1)c1ccccc1. The number of rotatable bonds is 4. The lowest BCUT2D eigenvalue weighted by Gasteiger charge is -2.07. The average Bonchev–Trinajstić information content (AvgIpc) is 2.69. The Hall–Kier alpha value is -2.56. The molecule has 0 amide bonds.